The summed E-state index contributed by atoms with van der Waals surface area (Å²) >= 11 is 0. The van der Waals surface area contributed by atoms with Crippen LogP contribution in [0.5, 0.6) is 0 Å². The molecule has 0 aromatic heterocycles. The minimum Gasteiger partial charge on any atom is -0.478 e. The first-order valence-electron chi connectivity index (χ1n) is 6.96. The first kappa shape index (κ1) is 17.2. The quantitative estimate of drug-likeness (QED) is 0.755. The number of carbonyl (C=O) groups is 1. The standard InChI is InChI=1S/C12H24O.C3H4O2/c1-4-10-7-11(13)9-12(5-2,6-3)8-10;1-2-3(4)5/h10-11,13H,4-9H2,1-3H3;2H,1H2,(H,4,5). The summed E-state index contributed by atoms with van der Waals surface area (Å²) < 4.78 is 0. The van der Waals surface area contributed by atoms with Gasteiger partial charge in [-0.05, 0) is 30.6 Å². The average Bonchev–Trinajstić information content (AvgIpc) is 2.38. The van der Waals surface area contributed by atoms with Crippen LogP contribution in [-0.2, 0) is 4.79 Å². The molecule has 3 heteroatoms. The molecule has 2 N–H and O–H groups in total. The average molecular weight is 256 g/mol. The summed E-state index contributed by atoms with van der Waals surface area (Å²) in [5.41, 5.74) is 0.457. The highest BCUT2D eigenvalue weighted by molar-refractivity contribution is 5.78. The summed E-state index contributed by atoms with van der Waals surface area (Å²) in [6, 6.07) is 0. The lowest BCUT2D eigenvalue weighted by atomic mass is 9.65. The van der Waals surface area contributed by atoms with E-state index in [2.05, 4.69) is 27.4 Å². The number of carboxylic acid groups (broad SMARTS) is 1. The van der Waals surface area contributed by atoms with Crippen LogP contribution in [0.3, 0.4) is 0 Å². The first-order valence-corrected chi connectivity index (χ1v) is 6.96. The van der Waals surface area contributed by atoms with Gasteiger partial charge >= 0.3 is 5.97 Å². The number of aliphatic hydroxyl groups is 1. The molecule has 0 spiro atoms. The maximum absolute atomic E-state index is 9.81. The molecular weight excluding hydrogens is 228 g/mol. The summed E-state index contributed by atoms with van der Waals surface area (Å²) in [5, 5.41) is 17.4. The van der Waals surface area contributed by atoms with Crippen LogP contribution >= 0.6 is 0 Å². The smallest absolute Gasteiger partial charge is 0.327 e. The van der Waals surface area contributed by atoms with E-state index in [1.54, 1.807) is 0 Å². The number of carboxylic acids is 1. The molecule has 2 unspecified atom stereocenters. The van der Waals surface area contributed by atoms with Crippen molar-refractivity contribution in [2.75, 3.05) is 0 Å². The Bertz CT molecular complexity index is 256. The number of hydrogen-bond donors (Lipinski definition) is 2. The zero-order valence-electron chi connectivity index (χ0n) is 12.0. The van der Waals surface area contributed by atoms with Gasteiger partial charge in [0.1, 0.15) is 0 Å². The van der Waals surface area contributed by atoms with Crippen LogP contribution in [0.25, 0.3) is 0 Å². The van der Waals surface area contributed by atoms with Crippen molar-refractivity contribution in [3.05, 3.63) is 12.7 Å². The van der Waals surface area contributed by atoms with E-state index in [1.807, 2.05) is 0 Å². The number of rotatable bonds is 4. The lowest BCUT2D eigenvalue weighted by molar-refractivity contribution is -0.131. The van der Waals surface area contributed by atoms with E-state index in [-0.39, 0.29) is 6.10 Å². The van der Waals surface area contributed by atoms with Crippen LogP contribution < -0.4 is 0 Å². The SMILES string of the molecule is C=CC(=O)O.CCC1CC(O)CC(CC)(CC)C1. The van der Waals surface area contributed by atoms with Gasteiger partial charge in [-0.3, -0.25) is 0 Å². The normalized spacial score (nSPS) is 25.8. The van der Waals surface area contributed by atoms with Gasteiger partial charge in [-0.15, -0.1) is 0 Å². The van der Waals surface area contributed by atoms with Gasteiger partial charge < -0.3 is 10.2 Å². The minimum absolute atomic E-state index is 0.0291. The van der Waals surface area contributed by atoms with E-state index in [9.17, 15) is 9.90 Å². The van der Waals surface area contributed by atoms with Crippen LogP contribution in [0.4, 0.5) is 0 Å². The van der Waals surface area contributed by atoms with Crippen molar-refractivity contribution in [3.8, 4) is 0 Å². The highest BCUT2D eigenvalue weighted by Crippen LogP contribution is 2.45. The molecule has 0 aromatic rings. The van der Waals surface area contributed by atoms with Crippen LogP contribution in [0.2, 0.25) is 0 Å². The Morgan fingerprint density at radius 2 is 1.83 bits per heavy atom. The van der Waals surface area contributed by atoms with Crippen molar-refractivity contribution in [1.29, 1.82) is 0 Å². The van der Waals surface area contributed by atoms with Crippen LogP contribution in [0.1, 0.15) is 59.3 Å². The molecule has 0 saturated heterocycles. The summed E-state index contributed by atoms with van der Waals surface area (Å²) in [7, 11) is 0. The third-order valence-corrected chi connectivity index (χ3v) is 4.25. The van der Waals surface area contributed by atoms with Crippen molar-refractivity contribution in [1.82, 2.24) is 0 Å². The van der Waals surface area contributed by atoms with Crippen molar-refractivity contribution < 1.29 is 15.0 Å². The zero-order valence-corrected chi connectivity index (χ0v) is 12.0. The largest absolute Gasteiger partial charge is 0.478 e. The van der Waals surface area contributed by atoms with Crippen molar-refractivity contribution in [3.63, 3.8) is 0 Å². The minimum atomic E-state index is -0.981. The monoisotopic (exact) mass is 256 g/mol. The fraction of sp³-hybridized carbons (Fsp3) is 0.800. The van der Waals surface area contributed by atoms with Gasteiger partial charge in [0.2, 0.25) is 0 Å². The molecule has 1 saturated carbocycles. The molecule has 0 bridgehead atoms. The van der Waals surface area contributed by atoms with E-state index in [1.165, 1.54) is 25.7 Å². The van der Waals surface area contributed by atoms with Crippen molar-refractivity contribution in [2.45, 2.75) is 65.4 Å². The Morgan fingerprint density at radius 3 is 2.17 bits per heavy atom. The van der Waals surface area contributed by atoms with Crippen molar-refractivity contribution >= 4 is 5.97 Å². The van der Waals surface area contributed by atoms with Gasteiger partial charge in [0.05, 0.1) is 6.10 Å². The second-order valence-corrected chi connectivity index (χ2v) is 5.32. The Morgan fingerprint density at radius 1 is 1.33 bits per heavy atom. The van der Waals surface area contributed by atoms with Crippen LogP contribution in [-0.4, -0.2) is 22.3 Å². The molecule has 0 radical (unpaired) electrons. The molecule has 0 heterocycles. The zero-order chi connectivity index (χ0) is 14.2. The number of hydrogen-bond acceptors (Lipinski definition) is 2. The fourth-order valence-corrected chi connectivity index (χ4v) is 2.89. The Labute approximate surface area is 111 Å². The predicted octanol–water partition coefficient (Wildman–Crippen LogP) is 3.62. The third-order valence-electron chi connectivity index (χ3n) is 4.25. The second-order valence-electron chi connectivity index (χ2n) is 5.32. The molecule has 0 aliphatic heterocycles. The Balaban J connectivity index is 0.000000494. The highest BCUT2D eigenvalue weighted by Gasteiger charge is 2.36. The number of aliphatic carboxylic acids is 1. The van der Waals surface area contributed by atoms with Gasteiger partial charge in [-0.25, -0.2) is 4.79 Å². The molecule has 0 amide bonds. The third kappa shape index (κ3) is 5.67. The maximum Gasteiger partial charge on any atom is 0.327 e. The molecule has 1 fully saturated rings. The lowest BCUT2D eigenvalue weighted by Gasteiger charge is -2.42. The van der Waals surface area contributed by atoms with Crippen molar-refractivity contribution in [2.24, 2.45) is 11.3 Å². The molecule has 1 rings (SSSR count). The summed E-state index contributed by atoms with van der Waals surface area (Å²) in [6.07, 6.45) is 7.92. The fourth-order valence-electron chi connectivity index (χ4n) is 2.89. The Kier molecular flexibility index (Phi) is 7.92. The summed E-state index contributed by atoms with van der Waals surface area (Å²) in [6.45, 7) is 9.75. The molecule has 2 atom stereocenters. The van der Waals surface area contributed by atoms with E-state index in [4.69, 9.17) is 5.11 Å². The van der Waals surface area contributed by atoms with E-state index >= 15 is 0 Å². The van der Waals surface area contributed by atoms with Gasteiger partial charge in [-0.1, -0.05) is 46.6 Å². The van der Waals surface area contributed by atoms with E-state index < -0.39 is 5.97 Å². The maximum atomic E-state index is 9.81. The molecule has 1 aliphatic carbocycles. The topological polar surface area (TPSA) is 57.5 Å². The van der Waals surface area contributed by atoms with Gasteiger partial charge in [-0.2, -0.15) is 0 Å². The molecule has 3 nitrogen and oxygen atoms in total. The van der Waals surface area contributed by atoms with Gasteiger partial charge in [0.15, 0.2) is 0 Å². The first-order chi connectivity index (χ1) is 8.42. The van der Waals surface area contributed by atoms with Crippen LogP contribution in [0.15, 0.2) is 12.7 Å². The van der Waals surface area contributed by atoms with Gasteiger partial charge in [0.25, 0.3) is 0 Å². The highest BCUT2D eigenvalue weighted by atomic mass is 16.4. The summed E-state index contributed by atoms with van der Waals surface area (Å²) in [5.74, 6) is -0.214. The lowest BCUT2D eigenvalue weighted by Crippen LogP contribution is -2.35. The molecule has 18 heavy (non-hydrogen) atoms. The number of aliphatic hydroxyl groups excluding tert-OH is 1. The van der Waals surface area contributed by atoms with Crippen LogP contribution in [0, 0.1) is 11.3 Å². The second kappa shape index (κ2) is 8.30. The predicted molar refractivity (Wildman–Crippen MR) is 74.5 cm³/mol. The molecular formula is C15H28O3. The summed E-state index contributed by atoms with van der Waals surface area (Å²) in [4.78, 5) is 9.25. The molecule has 1 aliphatic rings. The molecule has 106 valence electrons. The molecule has 0 aromatic carbocycles. The Hall–Kier alpha value is -0.830. The van der Waals surface area contributed by atoms with Gasteiger partial charge in [0, 0.05) is 6.08 Å². The van der Waals surface area contributed by atoms with E-state index in [0.717, 1.165) is 24.8 Å². The van der Waals surface area contributed by atoms with E-state index in [0.29, 0.717) is 5.41 Å².